The minimum absolute atomic E-state index is 0.113. The lowest BCUT2D eigenvalue weighted by atomic mass is 9.74. The Hall–Kier alpha value is -0.670. The van der Waals surface area contributed by atoms with Gasteiger partial charge in [-0.25, -0.2) is 4.57 Å². The monoisotopic (exact) mass is 412 g/mol. The van der Waals surface area contributed by atoms with Gasteiger partial charge in [0.1, 0.15) is 0 Å². The molecule has 0 radical (unpaired) electrons. The zero-order chi connectivity index (χ0) is 21.4. The SMILES string of the molecule is CCOP(=O)(OCC)OCCCc1ccc(C(C)(C)CC)cc1C(C)(C)CC. The van der Waals surface area contributed by atoms with Gasteiger partial charge in [0, 0.05) is 0 Å². The first kappa shape index (κ1) is 25.4. The van der Waals surface area contributed by atoms with Gasteiger partial charge >= 0.3 is 7.82 Å². The third-order valence-electron chi connectivity index (χ3n) is 5.80. The van der Waals surface area contributed by atoms with E-state index in [1.54, 1.807) is 13.8 Å². The summed E-state index contributed by atoms with van der Waals surface area (Å²) in [6.45, 7) is 18.2. The second kappa shape index (κ2) is 10.9. The number of hydrogen-bond donors (Lipinski definition) is 0. The lowest BCUT2D eigenvalue weighted by Crippen LogP contribution is -2.22. The van der Waals surface area contributed by atoms with Crippen molar-refractivity contribution in [1.82, 2.24) is 0 Å². The molecule has 0 bridgehead atoms. The van der Waals surface area contributed by atoms with Crippen LogP contribution >= 0.6 is 7.82 Å². The third-order valence-corrected chi connectivity index (χ3v) is 7.45. The van der Waals surface area contributed by atoms with Crippen molar-refractivity contribution in [3.63, 3.8) is 0 Å². The summed E-state index contributed by atoms with van der Waals surface area (Å²) >= 11 is 0. The van der Waals surface area contributed by atoms with E-state index in [1.807, 2.05) is 0 Å². The molecule has 0 aliphatic heterocycles. The molecule has 0 fully saturated rings. The molecule has 162 valence electrons. The zero-order valence-electron chi connectivity index (χ0n) is 19.3. The van der Waals surface area contributed by atoms with Crippen molar-refractivity contribution in [2.45, 2.75) is 91.9 Å². The van der Waals surface area contributed by atoms with Crippen LogP contribution in [0.4, 0.5) is 0 Å². The van der Waals surface area contributed by atoms with Gasteiger partial charge in [-0.2, -0.15) is 0 Å². The average molecular weight is 413 g/mol. The first-order valence-corrected chi connectivity index (χ1v) is 12.2. The number of aryl methyl sites for hydroxylation is 1. The van der Waals surface area contributed by atoms with E-state index in [4.69, 9.17) is 13.6 Å². The maximum atomic E-state index is 12.4. The summed E-state index contributed by atoms with van der Waals surface area (Å²) in [6, 6.07) is 6.93. The first-order chi connectivity index (χ1) is 13.0. The molecule has 0 saturated heterocycles. The van der Waals surface area contributed by atoms with Crippen LogP contribution in [0.15, 0.2) is 18.2 Å². The maximum absolute atomic E-state index is 12.4. The van der Waals surface area contributed by atoms with Crippen molar-refractivity contribution in [2.75, 3.05) is 19.8 Å². The molecule has 0 unspecified atom stereocenters. The van der Waals surface area contributed by atoms with Crippen LogP contribution in [0.1, 0.15) is 91.3 Å². The molecule has 0 aromatic heterocycles. The fourth-order valence-electron chi connectivity index (χ4n) is 3.11. The highest BCUT2D eigenvalue weighted by molar-refractivity contribution is 7.48. The molecule has 1 aromatic carbocycles. The van der Waals surface area contributed by atoms with E-state index in [2.05, 4.69) is 59.7 Å². The number of hydrogen-bond acceptors (Lipinski definition) is 4. The van der Waals surface area contributed by atoms with E-state index in [0.717, 1.165) is 25.7 Å². The Bertz CT molecular complexity index is 642. The molecule has 0 amide bonds. The van der Waals surface area contributed by atoms with Crippen LogP contribution < -0.4 is 0 Å². The van der Waals surface area contributed by atoms with Crippen molar-refractivity contribution in [3.05, 3.63) is 34.9 Å². The molecule has 5 heteroatoms. The molecular formula is C23H41O4P. The Morgan fingerprint density at radius 2 is 1.43 bits per heavy atom. The summed E-state index contributed by atoms with van der Waals surface area (Å²) in [6.07, 6.45) is 3.84. The Labute approximate surface area is 173 Å². The Morgan fingerprint density at radius 3 is 1.93 bits per heavy atom. The van der Waals surface area contributed by atoms with Crippen molar-refractivity contribution < 1.29 is 18.1 Å². The summed E-state index contributed by atoms with van der Waals surface area (Å²) in [7, 11) is -3.42. The molecule has 0 heterocycles. The van der Waals surface area contributed by atoms with E-state index in [0.29, 0.717) is 19.8 Å². The van der Waals surface area contributed by atoms with Crippen molar-refractivity contribution in [3.8, 4) is 0 Å². The van der Waals surface area contributed by atoms with Gasteiger partial charge in [-0.15, -0.1) is 0 Å². The minimum Gasteiger partial charge on any atom is -0.287 e. The van der Waals surface area contributed by atoms with E-state index in [9.17, 15) is 4.57 Å². The Morgan fingerprint density at radius 1 is 0.857 bits per heavy atom. The average Bonchev–Trinajstić information content (AvgIpc) is 2.65. The van der Waals surface area contributed by atoms with Gasteiger partial charge in [-0.3, -0.25) is 13.6 Å². The van der Waals surface area contributed by atoms with Gasteiger partial charge in [0.05, 0.1) is 19.8 Å². The van der Waals surface area contributed by atoms with Crippen LogP contribution in [0.2, 0.25) is 0 Å². The molecule has 0 spiro atoms. The normalized spacial score (nSPS) is 13.1. The largest absolute Gasteiger partial charge is 0.474 e. The highest BCUT2D eigenvalue weighted by Gasteiger charge is 2.27. The molecule has 1 rings (SSSR count). The summed E-state index contributed by atoms with van der Waals surface area (Å²) in [5.74, 6) is 0. The number of phosphoric acid groups is 1. The standard InChI is InChI=1S/C23H41O4P/c1-9-22(5,6)20-16-15-19(21(18-20)23(7,8)10-2)14-13-17-27-28(24,25-11-3)26-12-4/h15-16,18H,9-14,17H2,1-8H3. The fourth-order valence-corrected chi connectivity index (χ4v) is 4.32. The number of phosphoric ester groups is 1. The van der Waals surface area contributed by atoms with Crippen molar-refractivity contribution in [2.24, 2.45) is 0 Å². The highest BCUT2D eigenvalue weighted by atomic mass is 31.2. The van der Waals surface area contributed by atoms with Gasteiger partial charge < -0.3 is 0 Å². The topological polar surface area (TPSA) is 44.8 Å². The van der Waals surface area contributed by atoms with Gasteiger partial charge in [0.25, 0.3) is 0 Å². The van der Waals surface area contributed by atoms with Crippen molar-refractivity contribution in [1.29, 1.82) is 0 Å². The minimum atomic E-state index is -3.42. The molecular weight excluding hydrogens is 371 g/mol. The van der Waals surface area contributed by atoms with Gasteiger partial charge in [0.2, 0.25) is 0 Å². The fraction of sp³-hybridized carbons (Fsp3) is 0.739. The van der Waals surface area contributed by atoms with Gasteiger partial charge in [0.15, 0.2) is 0 Å². The summed E-state index contributed by atoms with van der Waals surface area (Å²) in [5, 5.41) is 0. The Kier molecular flexibility index (Phi) is 9.89. The predicted octanol–water partition coefficient (Wildman–Crippen LogP) is 7.19. The van der Waals surface area contributed by atoms with Gasteiger partial charge in [-0.05, 0) is 67.1 Å². The number of benzene rings is 1. The molecule has 4 nitrogen and oxygen atoms in total. The second-order valence-corrected chi connectivity index (χ2v) is 10.2. The molecule has 0 saturated carbocycles. The lowest BCUT2D eigenvalue weighted by molar-refractivity contribution is 0.120. The van der Waals surface area contributed by atoms with Crippen LogP contribution in [0.3, 0.4) is 0 Å². The molecule has 0 N–H and O–H groups in total. The van der Waals surface area contributed by atoms with Crippen molar-refractivity contribution >= 4 is 7.82 Å². The van der Waals surface area contributed by atoms with E-state index in [-0.39, 0.29) is 10.8 Å². The van der Waals surface area contributed by atoms with Crippen LogP contribution in [-0.4, -0.2) is 19.8 Å². The molecule has 0 aliphatic rings. The summed E-state index contributed by atoms with van der Waals surface area (Å²) in [4.78, 5) is 0. The summed E-state index contributed by atoms with van der Waals surface area (Å²) < 4.78 is 28.3. The van der Waals surface area contributed by atoms with Gasteiger partial charge in [-0.1, -0.05) is 59.7 Å². The lowest BCUT2D eigenvalue weighted by Gasteiger charge is -2.31. The smallest absolute Gasteiger partial charge is 0.287 e. The van der Waals surface area contributed by atoms with Crippen LogP contribution in [0.5, 0.6) is 0 Å². The molecule has 0 aliphatic carbocycles. The van der Waals surface area contributed by atoms with Crippen LogP contribution in [0, 0.1) is 0 Å². The van der Waals surface area contributed by atoms with E-state index < -0.39 is 7.82 Å². The molecule has 1 aromatic rings. The summed E-state index contributed by atoms with van der Waals surface area (Å²) in [5.41, 5.74) is 4.42. The zero-order valence-corrected chi connectivity index (χ0v) is 20.2. The highest BCUT2D eigenvalue weighted by Crippen LogP contribution is 2.49. The van der Waals surface area contributed by atoms with E-state index in [1.165, 1.54) is 16.7 Å². The third kappa shape index (κ3) is 6.99. The molecule has 0 atom stereocenters. The molecule has 28 heavy (non-hydrogen) atoms. The quantitative estimate of drug-likeness (QED) is 0.254. The second-order valence-electron chi connectivity index (χ2n) is 8.57. The predicted molar refractivity (Wildman–Crippen MR) is 118 cm³/mol. The van der Waals surface area contributed by atoms with Crippen LogP contribution in [-0.2, 0) is 35.4 Å². The first-order valence-electron chi connectivity index (χ1n) is 10.7. The van der Waals surface area contributed by atoms with E-state index >= 15 is 0 Å². The Balaban J connectivity index is 2.94. The van der Waals surface area contributed by atoms with Crippen LogP contribution in [0.25, 0.3) is 0 Å². The number of rotatable bonds is 13. The maximum Gasteiger partial charge on any atom is 0.474 e.